The summed E-state index contributed by atoms with van der Waals surface area (Å²) in [5, 5.41) is 14.3. The van der Waals surface area contributed by atoms with Gasteiger partial charge in [-0.15, -0.1) is 0 Å². The van der Waals surface area contributed by atoms with E-state index in [4.69, 9.17) is 4.74 Å². The molecule has 0 amide bonds. The van der Waals surface area contributed by atoms with E-state index in [1.165, 1.54) is 0 Å². The van der Waals surface area contributed by atoms with Crippen molar-refractivity contribution in [3.05, 3.63) is 11.9 Å². The van der Waals surface area contributed by atoms with Crippen molar-refractivity contribution in [2.45, 2.75) is 32.4 Å². The Hall–Kier alpha value is -0.680. The van der Waals surface area contributed by atoms with Gasteiger partial charge in [0.2, 0.25) is 0 Å². The molecule has 1 heterocycles. The lowest BCUT2D eigenvalue weighted by molar-refractivity contribution is 0.159. The van der Waals surface area contributed by atoms with Gasteiger partial charge < -0.3 is 9.84 Å². The van der Waals surface area contributed by atoms with Gasteiger partial charge in [0.15, 0.2) is 5.75 Å². The smallest absolute Gasteiger partial charge is 0.162 e. The molecule has 0 saturated heterocycles. The van der Waals surface area contributed by atoms with E-state index in [1.54, 1.807) is 25.1 Å². The van der Waals surface area contributed by atoms with Gasteiger partial charge in [0.25, 0.3) is 0 Å². The fraction of sp³-hybridized carbons (Fsp3) is 0.727. The van der Waals surface area contributed by atoms with Gasteiger partial charge >= 0.3 is 0 Å². The second-order valence-electron chi connectivity index (χ2n) is 3.62. The molecule has 1 atom stereocenters. The number of hydrogen-bond acceptors (Lipinski definition) is 4. The number of aromatic nitrogens is 2. The predicted octanol–water partition coefficient (Wildman–Crippen LogP) is 2.09. The highest BCUT2D eigenvalue weighted by molar-refractivity contribution is 7.98. The zero-order chi connectivity index (χ0) is 12.0. The lowest BCUT2D eigenvalue weighted by Crippen LogP contribution is -2.10. The van der Waals surface area contributed by atoms with Gasteiger partial charge in [0, 0.05) is 6.54 Å². The first-order valence-corrected chi connectivity index (χ1v) is 6.90. The van der Waals surface area contributed by atoms with Crippen LogP contribution in [-0.2, 0) is 6.54 Å². The summed E-state index contributed by atoms with van der Waals surface area (Å²) >= 11 is 1.73. The van der Waals surface area contributed by atoms with E-state index in [0.29, 0.717) is 5.75 Å². The number of nitrogens with zero attached hydrogens (tertiary/aromatic N) is 2. The van der Waals surface area contributed by atoms with Crippen LogP contribution < -0.4 is 4.74 Å². The molecule has 0 aliphatic carbocycles. The van der Waals surface area contributed by atoms with Crippen molar-refractivity contribution in [2.75, 3.05) is 19.1 Å². The number of ether oxygens (including phenoxy) is 1. The number of hydrogen-bond donors (Lipinski definition) is 1. The molecule has 5 heteroatoms. The fourth-order valence-electron chi connectivity index (χ4n) is 1.63. The van der Waals surface area contributed by atoms with Crippen molar-refractivity contribution in [2.24, 2.45) is 0 Å². The largest absolute Gasteiger partial charge is 0.493 e. The van der Waals surface area contributed by atoms with E-state index in [9.17, 15) is 5.11 Å². The Labute approximate surface area is 101 Å². The highest BCUT2D eigenvalue weighted by atomic mass is 32.2. The second kappa shape index (κ2) is 6.81. The van der Waals surface area contributed by atoms with Gasteiger partial charge in [-0.3, -0.25) is 4.68 Å². The topological polar surface area (TPSA) is 47.3 Å². The van der Waals surface area contributed by atoms with Crippen molar-refractivity contribution < 1.29 is 9.84 Å². The molecule has 16 heavy (non-hydrogen) atoms. The molecule has 1 aromatic rings. The zero-order valence-electron chi connectivity index (χ0n) is 10.1. The summed E-state index contributed by atoms with van der Waals surface area (Å²) in [7, 11) is 1.61. The van der Waals surface area contributed by atoms with Gasteiger partial charge in [-0.2, -0.15) is 16.9 Å². The Balaban J connectivity index is 2.84. The van der Waals surface area contributed by atoms with E-state index in [1.807, 2.05) is 10.9 Å². The van der Waals surface area contributed by atoms with Crippen molar-refractivity contribution in [1.82, 2.24) is 9.78 Å². The normalized spacial score (nSPS) is 12.8. The summed E-state index contributed by atoms with van der Waals surface area (Å²) in [6, 6.07) is 0. The Morgan fingerprint density at radius 2 is 2.38 bits per heavy atom. The third-order valence-corrected chi connectivity index (χ3v) is 3.06. The lowest BCUT2D eigenvalue weighted by Gasteiger charge is -2.14. The highest BCUT2D eigenvalue weighted by Gasteiger charge is 2.19. The average molecular weight is 244 g/mol. The number of aliphatic hydroxyl groups excluding tert-OH is 1. The molecule has 1 rings (SSSR count). The molecule has 0 aliphatic heterocycles. The molecule has 92 valence electrons. The van der Waals surface area contributed by atoms with Crippen LogP contribution in [0.5, 0.6) is 5.75 Å². The van der Waals surface area contributed by atoms with Crippen LogP contribution >= 0.6 is 11.8 Å². The van der Waals surface area contributed by atoms with E-state index in [2.05, 4.69) is 12.0 Å². The first-order valence-electron chi connectivity index (χ1n) is 5.51. The van der Waals surface area contributed by atoms with Crippen LogP contribution in [0.3, 0.4) is 0 Å². The minimum absolute atomic E-state index is 0.489. The molecule has 0 aliphatic rings. The minimum Gasteiger partial charge on any atom is -0.493 e. The van der Waals surface area contributed by atoms with Crippen molar-refractivity contribution >= 4 is 11.8 Å². The SMILES string of the molecule is CCCn1ncc(OC)c1C(O)CCSC. The number of aliphatic hydroxyl groups is 1. The Bertz CT molecular complexity index is 315. The van der Waals surface area contributed by atoms with E-state index >= 15 is 0 Å². The first kappa shape index (κ1) is 13.4. The third-order valence-electron chi connectivity index (χ3n) is 2.41. The molecular formula is C11H20N2O2S. The summed E-state index contributed by atoms with van der Waals surface area (Å²) < 4.78 is 7.06. The summed E-state index contributed by atoms with van der Waals surface area (Å²) in [6.07, 6.45) is 4.94. The number of aryl methyl sites for hydroxylation is 1. The number of methoxy groups -OCH3 is 1. The molecular weight excluding hydrogens is 224 g/mol. The van der Waals surface area contributed by atoms with Crippen LogP contribution in [0.25, 0.3) is 0 Å². The monoisotopic (exact) mass is 244 g/mol. The highest BCUT2D eigenvalue weighted by Crippen LogP contribution is 2.27. The van der Waals surface area contributed by atoms with Crippen molar-refractivity contribution in [3.8, 4) is 5.75 Å². The molecule has 1 N–H and O–H groups in total. The summed E-state index contributed by atoms with van der Waals surface area (Å²) in [5.74, 6) is 1.61. The van der Waals surface area contributed by atoms with Crippen LogP contribution in [0.1, 0.15) is 31.6 Å². The van der Waals surface area contributed by atoms with Gasteiger partial charge in [-0.1, -0.05) is 6.92 Å². The van der Waals surface area contributed by atoms with Crippen LogP contribution in [0, 0.1) is 0 Å². The van der Waals surface area contributed by atoms with Crippen molar-refractivity contribution in [1.29, 1.82) is 0 Å². The molecule has 0 bridgehead atoms. The van der Waals surface area contributed by atoms with E-state index in [-0.39, 0.29) is 0 Å². The van der Waals surface area contributed by atoms with E-state index < -0.39 is 6.10 Å². The number of rotatable bonds is 7. The molecule has 0 aromatic carbocycles. The van der Waals surface area contributed by atoms with Crippen LogP contribution in [0.2, 0.25) is 0 Å². The van der Waals surface area contributed by atoms with Crippen LogP contribution in [0.4, 0.5) is 0 Å². The predicted molar refractivity (Wildman–Crippen MR) is 67.0 cm³/mol. The molecule has 4 nitrogen and oxygen atoms in total. The Morgan fingerprint density at radius 1 is 1.62 bits per heavy atom. The minimum atomic E-state index is -0.489. The Morgan fingerprint density at radius 3 is 2.94 bits per heavy atom. The van der Waals surface area contributed by atoms with Crippen molar-refractivity contribution in [3.63, 3.8) is 0 Å². The standard InChI is InChI=1S/C11H20N2O2S/c1-4-6-13-11(9(14)5-7-16-3)10(15-2)8-12-13/h8-9,14H,4-7H2,1-3H3. The average Bonchev–Trinajstić information content (AvgIpc) is 2.69. The maximum atomic E-state index is 10.1. The fourth-order valence-corrected chi connectivity index (χ4v) is 2.09. The first-order chi connectivity index (χ1) is 7.74. The quantitative estimate of drug-likeness (QED) is 0.798. The zero-order valence-corrected chi connectivity index (χ0v) is 11.0. The van der Waals surface area contributed by atoms with Gasteiger partial charge in [0.1, 0.15) is 11.8 Å². The molecule has 1 aromatic heterocycles. The maximum Gasteiger partial charge on any atom is 0.162 e. The summed E-state index contributed by atoms with van der Waals surface area (Å²) in [4.78, 5) is 0. The van der Waals surface area contributed by atoms with Gasteiger partial charge in [0.05, 0.1) is 13.3 Å². The summed E-state index contributed by atoms with van der Waals surface area (Å²) in [6.45, 7) is 2.90. The van der Waals surface area contributed by atoms with Crippen LogP contribution in [-0.4, -0.2) is 34.0 Å². The van der Waals surface area contributed by atoms with E-state index in [0.717, 1.165) is 30.8 Å². The molecule has 0 saturated carbocycles. The van der Waals surface area contributed by atoms with Crippen LogP contribution in [0.15, 0.2) is 6.20 Å². The second-order valence-corrected chi connectivity index (χ2v) is 4.60. The van der Waals surface area contributed by atoms with Gasteiger partial charge in [-0.05, 0) is 24.9 Å². The molecule has 0 radical (unpaired) electrons. The molecule has 0 spiro atoms. The summed E-state index contributed by atoms with van der Waals surface area (Å²) in [5.41, 5.74) is 0.804. The molecule has 0 fully saturated rings. The lowest BCUT2D eigenvalue weighted by atomic mass is 10.2. The van der Waals surface area contributed by atoms with Gasteiger partial charge in [-0.25, -0.2) is 0 Å². The third kappa shape index (κ3) is 3.15. The number of thioether (sulfide) groups is 1. The maximum absolute atomic E-state index is 10.1. The Kier molecular flexibility index (Phi) is 5.69. The molecule has 1 unspecified atom stereocenters.